The first-order valence-corrected chi connectivity index (χ1v) is 7.30. The summed E-state index contributed by atoms with van der Waals surface area (Å²) >= 11 is 0. The lowest BCUT2D eigenvalue weighted by Crippen LogP contribution is -2.42. The molecule has 0 aliphatic carbocycles. The lowest BCUT2D eigenvalue weighted by atomic mass is 10.0. The van der Waals surface area contributed by atoms with Gasteiger partial charge in [-0.15, -0.1) is 0 Å². The number of para-hydroxylation sites is 1. The third-order valence-corrected chi connectivity index (χ3v) is 3.53. The minimum Gasteiger partial charge on any atom is -0.480 e. The second-order valence-electron chi connectivity index (χ2n) is 5.26. The maximum atomic E-state index is 12.2. The lowest BCUT2D eigenvalue weighted by Gasteiger charge is -2.14. The molecule has 0 aromatic heterocycles. The number of aliphatic carboxylic acids is 1. The van der Waals surface area contributed by atoms with Crippen LogP contribution in [0.4, 0.5) is 11.4 Å². The highest BCUT2D eigenvalue weighted by atomic mass is 16.6. The van der Waals surface area contributed by atoms with Crippen LogP contribution in [0.15, 0.2) is 48.5 Å². The van der Waals surface area contributed by atoms with Crippen molar-refractivity contribution in [3.8, 4) is 0 Å². The van der Waals surface area contributed by atoms with Crippen LogP contribution in [0.5, 0.6) is 0 Å². The van der Waals surface area contributed by atoms with E-state index in [1.807, 2.05) is 0 Å². The molecule has 0 spiro atoms. The summed E-state index contributed by atoms with van der Waals surface area (Å²) in [6.45, 7) is 0. The Bertz CT molecular complexity index is 882. The molecule has 2 rings (SSSR count). The third-order valence-electron chi connectivity index (χ3n) is 3.53. The average Bonchev–Trinajstić information content (AvgIpc) is 2.61. The van der Waals surface area contributed by atoms with Crippen LogP contribution in [0.3, 0.4) is 0 Å². The summed E-state index contributed by atoms with van der Waals surface area (Å²) in [6.07, 6.45) is -0.312. The van der Waals surface area contributed by atoms with E-state index < -0.39 is 27.8 Å². The molecule has 0 fully saturated rings. The Kier molecular flexibility index (Phi) is 5.58. The van der Waals surface area contributed by atoms with Gasteiger partial charge in [-0.2, -0.15) is 0 Å². The fraction of sp³-hybridized carbons (Fsp3) is 0.125. The highest BCUT2D eigenvalue weighted by molar-refractivity contribution is 5.97. The van der Waals surface area contributed by atoms with Gasteiger partial charge in [0.2, 0.25) is 0 Å². The molecule has 1 atom stereocenters. The quantitative estimate of drug-likeness (QED) is 0.565. The largest absolute Gasteiger partial charge is 0.480 e. The maximum Gasteiger partial charge on any atom is 0.326 e. The zero-order valence-electron chi connectivity index (χ0n) is 13.2. The molecule has 26 heavy (non-hydrogen) atoms. The molecule has 0 bridgehead atoms. The Hall–Kier alpha value is -3.82. The van der Waals surface area contributed by atoms with Crippen molar-refractivity contribution in [3.63, 3.8) is 0 Å². The standard InChI is InChI=1S/C16H13N3O7/c20-15(11-5-3-6-12(8-11)18(23)24)17-13(16(21)22)9-10-4-1-2-7-14(10)19(25)26/h1-8,13H,9H2,(H,17,20)(H,21,22)/t13-/m0/s1. The number of carbonyl (C=O) groups excluding carboxylic acids is 1. The third kappa shape index (κ3) is 4.38. The summed E-state index contributed by atoms with van der Waals surface area (Å²) < 4.78 is 0. The van der Waals surface area contributed by atoms with Crippen LogP contribution >= 0.6 is 0 Å². The second-order valence-corrected chi connectivity index (χ2v) is 5.26. The first-order valence-electron chi connectivity index (χ1n) is 7.30. The van der Waals surface area contributed by atoms with E-state index in [0.717, 1.165) is 6.07 Å². The second kappa shape index (κ2) is 7.83. The average molecular weight is 359 g/mol. The number of benzene rings is 2. The molecular weight excluding hydrogens is 346 g/mol. The van der Waals surface area contributed by atoms with Crippen molar-refractivity contribution in [2.24, 2.45) is 0 Å². The number of carboxylic acid groups (broad SMARTS) is 1. The molecule has 10 heteroatoms. The van der Waals surface area contributed by atoms with Gasteiger partial charge >= 0.3 is 5.97 Å². The molecule has 0 aliphatic rings. The molecule has 10 nitrogen and oxygen atoms in total. The van der Waals surface area contributed by atoms with Gasteiger partial charge in [-0.1, -0.05) is 24.3 Å². The normalized spacial score (nSPS) is 11.4. The van der Waals surface area contributed by atoms with Crippen molar-refractivity contribution in [2.75, 3.05) is 0 Å². The molecule has 1 amide bonds. The van der Waals surface area contributed by atoms with Crippen molar-refractivity contribution >= 4 is 23.3 Å². The fourth-order valence-corrected chi connectivity index (χ4v) is 2.28. The summed E-state index contributed by atoms with van der Waals surface area (Å²) in [7, 11) is 0. The molecule has 0 heterocycles. The molecule has 2 aromatic rings. The highest BCUT2D eigenvalue weighted by Gasteiger charge is 2.25. The van der Waals surface area contributed by atoms with Gasteiger partial charge in [0.25, 0.3) is 17.3 Å². The molecule has 2 N–H and O–H groups in total. The van der Waals surface area contributed by atoms with Gasteiger partial charge in [0.05, 0.1) is 9.85 Å². The van der Waals surface area contributed by atoms with E-state index in [9.17, 15) is 34.9 Å². The lowest BCUT2D eigenvalue weighted by molar-refractivity contribution is -0.385. The molecule has 134 valence electrons. The number of rotatable bonds is 7. The van der Waals surface area contributed by atoms with E-state index in [2.05, 4.69) is 5.32 Å². The van der Waals surface area contributed by atoms with Crippen LogP contribution in [-0.4, -0.2) is 32.9 Å². The van der Waals surface area contributed by atoms with Crippen molar-refractivity contribution in [1.29, 1.82) is 0 Å². The Morgan fingerprint density at radius 1 is 1.04 bits per heavy atom. The molecular formula is C16H13N3O7. The van der Waals surface area contributed by atoms with Gasteiger partial charge in [-0.25, -0.2) is 4.79 Å². The van der Waals surface area contributed by atoms with Gasteiger partial charge in [-0.05, 0) is 6.07 Å². The first-order chi connectivity index (χ1) is 12.3. The molecule has 0 saturated heterocycles. The van der Waals surface area contributed by atoms with Crippen molar-refractivity contribution in [3.05, 3.63) is 79.9 Å². The SMILES string of the molecule is O=C(N[C@@H](Cc1ccccc1[N+](=O)[O-])C(=O)O)c1cccc([N+](=O)[O-])c1. The number of carbonyl (C=O) groups is 2. The van der Waals surface area contributed by atoms with Crippen molar-refractivity contribution in [1.82, 2.24) is 5.32 Å². The van der Waals surface area contributed by atoms with E-state index in [4.69, 9.17) is 0 Å². The van der Waals surface area contributed by atoms with Crippen LogP contribution < -0.4 is 5.32 Å². The predicted molar refractivity (Wildman–Crippen MR) is 88.8 cm³/mol. The number of nitrogens with one attached hydrogen (secondary N) is 1. The van der Waals surface area contributed by atoms with E-state index in [0.29, 0.717) is 0 Å². The number of amides is 1. The van der Waals surface area contributed by atoms with Crippen LogP contribution in [-0.2, 0) is 11.2 Å². The van der Waals surface area contributed by atoms with E-state index in [1.165, 1.54) is 42.5 Å². The number of non-ortho nitro benzene ring substituents is 1. The summed E-state index contributed by atoms with van der Waals surface area (Å²) in [6, 6.07) is 8.95. The molecule has 2 aromatic carbocycles. The van der Waals surface area contributed by atoms with E-state index in [-0.39, 0.29) is 28.9 Å². The first kappa shape index (κ1) is 18.5. The number of carboxylic acids is 1. The van der Waals surface area contributed by atoms with E-state index >= 15 is 0 Å². The van der Waals surface area contributed by atoms with Crippen LogP contribution in [0, 0.1) is 20.2 Å². The smallest absolute Gasteiger partial charge is 0.326 e. The number of hydrogen-bond acceptors (Lipinski definition) is 6. The number of nitro groups is 2. The van der Waals surface area contributed by atoms with Crippen LogP contribution in [0.2, 0.25) is 0 Å². The summed E-state index contributed by atoms with van der Waals surface area (Å²) in [5.74, 6) is -2.22. The Morgan fingerprint density at radius 3 is 2.35 bits per heavy atom. The monoisotopic (exact) mass is 359 g/mol. The molecule has 0 aliphatic heterocycles. The summed E-state index contributed by atoms with van der Waals surface area (Å²) in [5.41, 5.74) is -0.524. The Labute approximate surface area is 146 Å². The zero-order chi connectivity index (χ0) is 19.3. The Morgan fingerprint density at radius 2 is 1.73 bits per heavy atom. The molecule has 0 unspecified atom stereocenters. The maximum absolute atomic E-state index is 12.2. The van der Waals surface area contributed by atoms with Crippen molar-refractivity contribution in [2.45, 2.75) is 12.5 Å². The van der Waals surface area contributed by atoms with Crippen LogP contribution in [0.1, 0.15) is 15.9 Å². The zero-order valence-corrected chi connectivity index (χ0v) is 13.2. The molecule has 0 saturated carbocycles. The minimum atomic E-state index is -1.44. The van der Waals surface area contributed by atoms with Crippen molar-refractivity contribution < 1.29 is 24.5 Å². The number of nitrogens with zero attached hydrogens (tertiary/aromatic N) is 2. The minimum absolute atomic E-state index is 0.0898. The van der Waals surface area contributed by atoms with Gasteiger partial charge < -0.3 is 10.4 Å². The van der Waals surface area contributed by atoms with E-state index in [1.54, 1.807) is 0 Å². The number of nitro benzene ring substituents is 2. The highest BCUT2D eigenvalue weighted by Crippen LogP contribution is 2.20. The molecule has 0 radical (unpaired) electrons. The number of hydrogen-bond donors (Lipinski definition) is 2. The van der Waals surface area contributed by atoms with Gasteiger partial charge in [-0.3, -0.25) is 25.0 Å². The van der Waals surface area contributed by atoms with Gasteiger partial charge in [0, 0.05) is 35.7 Å². The predicted octanol–water partition coefficient (Wildman–Crippen LogP) is 1.93. The summed E-state index contributed by atoms with van der Waals surface area (Å²) in [5, 5.41) is 33.3. The Balaban J connectivity index is 2.23. The fourth-order valence-electron chi connectivity index (χ4n) is 2.28. The van der Waals surface area contributed by atoms with Gasteiger partial charge in [0.15, 0.2) is 0 Å². The topological polar surface area (TPSA) is 153 Å². The van der Waals surface area contributed by atoms with Crippen LogP contribution in [0.25, 0.3) is 0 Å². The van der Waals surface area contributed by atoms with Gasteiger partial charge in [0.1, 0.15) is 6.04 Å². The summed E-state index contributed by atoms with van der Waals surface area (Å²) in [4.78, 5) is 44.1.